The van der Waals surface area contributed by atoms with Crippen molar-refractivity contribution < 1.29 is 13.5 Å². The minimum absolute atomic E-state index is 0.0529. The monoisotopic (exact) mass is 257 g/mol. The zero-order valence-corrected chi connectivity index (χ0v) is 11.4. The van der Waals surface area contributed by atoms with E-state index in [9.17, 15) is 8.78 Å². The number of halogens is 2. The van der Waals surface area contributed by atoms with Gasteiger partial charge in [-0.2, -0.15) is 0 Å². The maximum absolute atomic E-state index is 12.0. The number of aryl methyl sites for hydroxylation is 1. The first-order valence-electron chi connectivity index (χ1n) is 6.03. The molecule has 1 aromatic rings. The van der Waals surface area contributed by atoms with Crippen LogP contribution in [0.3, 0.4) is 0 Å². The van der Waals surface area contributed by atoms with E-state index >= 15 is 0 Å². The van der Waals surface area contributed by atoms with Crippen molar-refractivity contribution in [2.45, 2.75) is 46.2 Å². The highest BCUT2D eigenvalue weighted by molar-refractivity contribution is 5.34. The first-order chi connectivity index (χ1) is 8.28. The summed E-state index contributed by atoms with van der Waals surface area (Å²) in [4.78, 5) is 0. The zero-order valence-electron chi connectivity index (χ0n) is 11.4. The van der Waals surface area contributed by atoms with Gasteiger partial charge >= 0.3 is 0 Å². The average molecular weight is 257 g/mol. The third kappa shape index (κ3) is 5.45. The molecule has 102 valence electrons. The number of hydrogen-bond acceptors (Lipinski definition) is 2. The average Bonchev–Trinajstić information content (AvgIpc) is 2.23. The molecule has 0 radical (unpaired) electrons. The number of ether oxygens (including phenoxy) is 1. The second-order valence-corrected chi connectivity index (χ2v) is 5.39. The van der Waals surface area contributed by atoms with Gasteiger partial charge in [-0.3, -0.25) is 0 Å². The van der Waals surface area contributed by atoms with Crippen molar-refractivity contribution >= 4 is 0 Å². The second kappa shape index (κ2) is 6.14. The summed E-state index contributed by atoms with van der Waals surface area (Å²) in [5.74, 6) is 0.493. The standard InChI is InChI=1S/C14H21F2NO/c1-10-7-12(18-9-13(15)16)6-5-11(10)8-17-14(2,3)4/h5-7,13,17H,8-9H2,1-4H3. The van der Waals surface area contributed by atoms with Gasteiger partial charge in [-0.15, -0.1) is 0 Å². The van der Waals surface area contributed by atoms with E-state index in [1.807, 2.05) is 13.0 Å². The fourth-order valence-electron chi connectivity index (χ4n) is 1.48. The molecule has 2 nitrogen and oxygen atoms in total. The Labute approximate surface area is 107 Å². The van der Waals surface area contributed by atoms with Gasteiger partial charge in [-0.1, -0.05) is 6.07 Å². The largest absolute Gasteiger partial charge is 0.488 e. The lowest BCUT2D eigenvalue weighted by molar-refractivity contribution is 0.0818. The van der Waals surface area contributed by atoms with Crippen LogP contribution in [0.1, 0.15) is 31.9 Å². The van der Waals surface area contributed by atoms with Crippen molar-refractivity contribution in [1.82, 2.24) is 5.32 Å². The third-order valence-electron chi connectivity index (χ3n) is 2.50. The van der Waals surface area contributed by atoms with Gasteiger partial charge in [0, 0.05) is 12.1 Å². The molecule has 0 aliphatic heterocycles. The molecule has 0 heterocycles. The first kappa shape index (κ1) is 14.9. The molecule has 0 aromatic heterocycles. The van der Waals surface area contributed by atoms with Gasteiger partial charge in [0.2, 0.25) is 0 Å². The predicted octanol–water partition coefficient (Wildman–Crippen LogP) is 3.53. The van der Waals surface area contributed by atoms with Crippen LogP contribution in [0.25, 0.3) is 0 Å². The van der Waals surface area contributed by atoms with Crippen LogP contribution in [0.15, 0.2) is 18.2 Å². The van der Waals surface area contributed by atoms with Gasteiger partial charge in [0.1, 0.15) is 12.4 Å². The van der Waals surface area contributed by atoms with Crippen LogP contribution in [-0.4, -0.2) is 18.6 Å². The Balaban J connectivity index is 2.62. The molecule has 0 amide bonds. The van der Waals surface area contributed by atoms with E-state index in [0.717, 1.165) is 17.7 Å². The number of alkyl halides is 2. The van der Waals surface area contributed by atoms with E-state index in [1.165, 1.54) is 0 Å². The summed E-state index contributed by atoms with van der Waals surface area (Å²) in [7, 11) is 0. The summed E-state index contributed by atoms with van der Waals surface area (Å²) in [5, 5.41) is 3.39. The lowest BCUT2D eigenvalue weighted by Crippen LogP contribution is -2.35. The van der Waals surface area contributed by atoms with E-state index in [1.54, 1.807) is 12.1 Å². The molecule has 1 rings (SSSR count). The van der Waals surface area contributed by atoms with Crippen LogP contribution in [0.4, 0.5) is 8.78 Å². The van der Waals surface area contributed by atoms with Gasteiger partial charge in [0.05, 0.1) is 0 Å². The summed E-state index contributed by atoms with van der Waals surface area (Å²) in [6, 6.07) is 5.44. The summed E-state index contributed by atoms with van der Waals surface area (Å²) in [5.41, 5.74) is 2.24. The predicted molar refractivity (Wildman–Crippen MR) is 69.3 cm³/mol. The van der Waals surface area contributed by atoms with Gasteiger partial charge in [0.15, 0.2) is 0 Å². The van der Waals surface area contributed by atoms with E-state index in [4.69, 9.17) is 4.74 Å². The minimum atomic E-state index is -2.44. The maximum Gasteiger partial charge on any atom is 0.272 e. The summed E-state index contributed by atoms with van der Waals surface area (Å²) in [6.07, 6.45) is -2.44. The molecule has 0 fully saturated rings. The van der Waals surface area contributed by atoms with Crippen LogP contribution < -0.4 is 10.1 Å². The topological polar surface area (TPSA) is 21.3 Å². The number of benzene rings is 1. The molecule has 0 saturated carbocycles. The van der Waals surface area contributed by atoms with Crippen LogP contribution in [0.2, 0.25) is 0 Å². The molecule has 0 bridgehead atoms. The molecular weight excluding hydrogens is 236 g/mol. The SMILES string of the molecule is Cc1cc(OCC(F)F)ccc1CNC(C)(C)C. The van der Waals surface area contributed by atoms with Crippen LogP contribution in [0, 0.1) is 6.92 Å². The van der Waals surface area contributed by atoms with Gasteiger partial charge in [-0.25, -0.2) is 8.78 Å². The molecule has 1 aromatic carbocycles. The minimum Gasteiger partial charge on any atom is -0.488 e. The van der Waals surface area contributed by atoms with Crippen LogP contribution in [0.5, 0.6) is 5.75 Å². The Morgan fingerprint density at radius 1 is 1.28 bits per heavy atom. The molecule has 0 saturated heterocycles. The molecule has 0 unspecified atom stereocenters. The van der Waals surface area contributed by atoms with E-state index in [2.05, 4.69) is 26.1 Å². The van der Waals surface area contributed by atoms with Crippen LogP contribution >= 0.6 is 0 Å². The highest BCUT2D eigenvalue weighted by Gasteiger charge is 2.10. The van der Waals surface area contributed by atoms with Crippen molar-refractivity contribution in [3.05, 3.63) is 29.3 Å². The molecule has 0 atom stereocenters. The van der Waals surface area contributed by atoms with E-state index in [-0.39, 0.29) is 5.54 Å². The van der Waals surface area contributed by atoms with Crippen molar-refractivity contribution in [1.29, 1.82) is 0 Å². The summed E-state index contributed by atoms with van der Waals surface area (Å²) < 4.78 is 29.0. The van der Waals surface area contributed by atoms with Crippen LogP contribution in [-0.2, 0) is 6.54 Å². The molecule has 1 N–H and O–H groups in total. The fourth-order valence-corrected chi connectivity index (χ4v) is 1.48. The lowest BCUT2D eigenvalue weighted by atomic mass is 10.1. The summed E-state index contributed by atoms with van der Waals surface area (Å²) >= 11 is 0. The molecule has 0 aliphatic carbocycles. The van der Waals surface area contributed by atoms with E-state index in [0.29, 0.717) is 5.75 Å². The maximum atomic E-state index is 12.0. The molecule has 0 spiro atoms. The Morgan fingerprint density at radius 3 is 2.44 bits per heavy atom. The van der Waals surface area contributed by atoms with Crippen molar-refractivity contribution in [2.24, 2.45) is 0 Å². The number of nitrogens with one attached hydrogen (secondary N) is 1. The second-order valence-electron chi connectivity index (χ2n) is 5.39. The Bertz CT molecular complexity index is 386. The summed E-state index contributed by atoms with van der Waals surface area (Å²) in [6.45, 7) is 8.45. The lowest BCUT2D eigenvalue weighted by Gasteiger charge is -2.21. The van der Waals surface area contributed by atoms with Crippen molar-refractivity contribution in [2.75, 3.05) is 6.61 Å². The molecular formula is C14H21F2NO. The zero-order chi connectivity index (χ0) is 13.8. The third-order valence-corrected chi connectivity index (χ3v) is 2.50. The number of hydrogen-bond donors (Lipinski definition) is 1. The van der Waals surface area contributed by atoms with Gasteiger partial charge in [0.25, 0.3) is 6.43 Å². The Hall–Kier alpha value is -1.16. The number of rotatable bonds is 5. The highest BCUT2D eigenvalue weighted by atomic mass is 19.3. The first-order valence-corrected chi connectivity index (χ1v) is 6.03. The molecule has 18 heavy (non-hydrogen) atoms. The smallest absolute Gasteiger partial charge is 0.272 e. The Morgan fingerprint density at radius 2 is 1.94 bits per heavy atom. The van der Waals surface area contributed by atoms with Gasteiger partial charge < -0.3 is 10.1 Å². The highest BCUT2D eigenvalue weighted by Crippen LogP contribution is 2.18. The van der Waals surface area contributed by atoms with Crippen molar-refractivity contribution in [3.8, 4) is 5.75 Å². The fraction of sp³-hybridized carbons (Fsp3) is 0.571. The van der Waals surface area contributed by atoms with Crippen molar-refractivity contribution in [3.63, 3.8) is 0 Å². The normalized spacial score (nSPS) is 11.9. The quantitative estimate of drug-likeness (QED) is 0.871. The van der Waals surface area contributed by atoms with E-state index < -0.39 is 13.0 Å². The van der Waals surface area contributed by atoms with Gasteiger partial charge in [-0.05, 0) is 51.0 Å². The Kier molecular flexibility index (Phi) is 5.08. The molecule has 0 aliphatic rings. The molecule has 4 heteroatoms.